The number of ether oxygens (including phenoxy) is 1. The van der Waals surface area contributed by atoms with Crippen molar-refractivity contribution in [2.24, 2.45) is 0 Å². The largest absolute Gasteiger partial charge is 0.492 e. The fraction of sp³-hybridized carbons (Fsp3) is 0.500. The van der Waals surface area contributed by atoms with Gasteiger partial charge in [0.05, 0.1) is 24.5 Å². The molecule has 31 heavy (non-hydrogen) atoms. The maximum absolute atomic E-state index is 15.3. The lowest BCUT2D eigenvalue weighted by molar-refractivity contribution is -0.136. The van der Waals surface area contributed by atoms with E-state index in [2.05, 4.69) is 15.9 Å². The van der Waals surface area contributed by atoms with Crippen molar-refractivity contribution in [3.05, 3.63) is 27.0 Å². The van der Waals surface area contributed by atoms with Crippen molar-refractivity contribution in [3.63, 3.8) is 0 Å². The number of alkyl halides is 5. The fourth-order valence-corrected chi connectivity index (χ4v) is 6.66. The van der Waals surface area contributed by atoms with Gasteiger partial charge in [0, 0.05) is 21.8 Å². The Morgan fingerprint density at radius 1 is 1.13 bits per heavy atom. The van der Waals surface area contributed by atoms with Gasteiger partial charge in [-0.15, -0.1) is 11.3 Å². The molecule has 1 heterocycles. The van der Waals surface area contributed by atoms with E-state index in [0.29, 0.717) is 17.6 Å². The monoisotopic (exact) mass is 552 g/mol. The van der Waals surface area contributed by atoms with Gasteiger partial charge >= 0.3 is 19.4 Å². The Bertz CT molecular complexity index is 968. The van der Waals surface area contributed by atoms with Crippen LogP contribution in [-0.4, -0.2) is 32.3 Å². The highest BCUT2D eigenvalue weighted by Crippen LogP contribution is 2.69. The van der Waals surface area contributed by atoms with Crippen molar-refractivity contribution >= 4 is 51.2 Å². The summed E-state index contributed by atoms with van der Waals surface area (Å²) in [6.45, 7) is 1.89. The Balaban J connectivity index is 2.52. The molecular formula is C18H19BrF5O5PS. The van der Waals surface area contributed by atoms with Gasteiger partial charge in [-0.3, -0.25) is 9.36 Å². The van der Waals surface area contributed by atoms with E-state index in [0.717, 1.165) is 0 Å². The summed E-state index contributed by atoms with van der Waals surface area (Å²) in [5, 5.41) is 0.162. The fourth-order valence-electron chi connectivity index (χ4n) is 2.65. The third-order valence-corrected chi connectivity index (χ3v) is 8.57. The smallest absolute Gasteiger partial charge is 0.405 e. The van der Waals surface area contributed by atoms with Gasteiger partial charge in [-0.1, -0.05) is 0 Å². The second-order valence-electron chi connectivity index (χ2n) is 6.20. The third-order valence-electron chi connectivity index (χ3n) is 3.93. The topological polar surface area (TPSA) is 61.8 Å². The predicted molar refractivity (Wildman–Crippen MR) is 110 cm³/mol. The average molecular weight is 553 g/mol. The highest BCUT2D eigenvalue weighted by atomic mass is 79.9. The summed E-state index contributed by atoms with van der Waals surface area (Å²) < 4.78 is 95.3. The minimum Gasteiger partial charge on any atom is -0.492 e. The van der Waals surface area contributed by atoms with Crippen LogP contribution in [0, 0.1) is 0 Å². The number of carbonyl (C=O) groups is 1. The Kier molecular flexibility index (Phi) is 8.66. The summed E-state index contributed by atoms with van der Waals surface area (Å²) in [6.07, 6.45) is -5.33. The molecule has 174 valence electrons. The average Bonchev–Trinajstić information content (AvgIpc) is 3.02. The molecule has 0 saturated carbocycles. The molecule has 0 bridgehead atoms. The molecule has 0 unspecified atom stereocenters. The molecule has 0 saturated heterocycles. The van der Waals surface area contributed by atoms with Gasteiger partial charge in [-0.25, -0.2) is 0 Å². The lowest BCUT2D eigenvalue weighted by Gasteiger charge is -2.25. The first-order valence-electron chi connectivity index (χ1n) is 9.08. The molecule has 13 heteroatoms. The van der Waals surface area contributed by atoms with Crippen LogP contribution in [0.1, 0.15) is 41.9 Å². The van der Waals surface area contributed by atoms with E-state index >= 15 is 8.78 Å². The van der Waals surface area contributed by atoms with E-state index in [1.54, 1.807) is 0 Å². The van der Waals surface area contributed by atoms with E-state index in [4.69, 9.17) is 13.8 Å². The molecule has 1 aromatic carbocycles. The maximum atomic E-state index is 15.3. The van der Waals surface area contributed by atoms with Crippen LogP contribution in [0.2, 0.25) is 0 Å². The molecular weight excluding hydrogens is 534 g/mol. The number of fused-ring (bicyclic) bond motifs is 1. The zero-order valence-electron chi connectivity index (χ0n) is 16.4. The number of aldehydes is 1. The molecule has 0 aliphatic carbocycles. The molecule has 0 spiro atoms. The number of benzene rings is 1. The number of carbonyl (C=O) groups excluding carboxylic acids is 1. The SMILES string of the molecule is CCOP(=O)(OCC)C(F)(F)c1sc2c(OCCCC(F)(F)F)cc(C=O)cc2c1Br. The first-order valence-corrected chi connectivity index (χ1v) is 12.2. The highest BCUT2D eigenvalue weighted by Gasteiger charge is 2.57. The third kappa shape index (κ3) is 5.84. The molecule has 2 aromatic rings. The molecule has 0 fully saturated rings. The summed E-state index contributed by atoms with van der Waals surface area (Å²) >= 11 is 3.59. The normalized spacial score (nSPS) is 13.0. The number of hydrogen-bond donors (Lipinski definition) is 0. The Labute approximate surface area is 187 Å². The van der Waals surface area contributed by atoms with E-state index < -0.39 is 30.7 Å². The molecule has 5 nitrogen and oxygen atoms in total. The highest BCUT2D eigenvalue weighted by molar-refractivity contribution is 9.10. The van der Waals surface area contributed by atoms with Gasteiger partial charge in [0.25, 0.3) is 0 Å². The molecule has 0 N–H and O–H groups in total. The first-order chi connectivity index (χ1) is 14.4. The van der Waals surface area contributed by atoms with Crippen LogP contribution >= 0.6 is 34.9 Å². The Morgan fingerprint density at radius 2 is 1.74 bits per heavy atom. The predicted octanol–water partition coefficient (Wildman–Crippen LogP) is 7.51. The van der Waals surface area contributed by atoms with Crippen molar-refractivity contribution in [1.29, 1.82) is 0 Å². The van der Waals surface area contributed by atoms with E-state index in [1.807, 2.05) is 0 Å². The lowest BCUT2D eigenvalue weighted by atomic mass is 10.1. The van der Waals surface area contributed by atoms with Crippen molar-refractivity contribution in [2.45, 2.75) is 38.5 Å². The van der Waals surface area contributed by atoms with Crippen LogP contribution in [0.3, 0.4) is 0 Å². The number of halogens is 6. The molecule has 0 aliphatic rings. The molecule has 1 aromatic heterocycles. The second-order valence-corrected chi connectivity index (χ2v) is 10.1. The van der Waals surface area contributed by atoms with Crippen LogP contribution in [0.4, 0.5) is 22.0 Å². The Morgan fingerprint density at radius 3 is 2.26 bits per heavy atom. The number of hydrogen-bond acceptors (Lipinski definition) is 6. The van der Waals surface area contributed by atoms with Gasteiger partial charge in [-0.05, 0) is 48.3 Å². The number of thiophene rings is 1. The summed E-state index contributed by atoms with van der Waals surface area (Å²) in [7, 11) is -4.89. The zero-order valence-corrected chi connectivity index (χ0v) is 19.7. The van der Waals surface area contributed by atoms with Crippen LogP contribution in [0.25, 0.3) is 10.1 Å². The Hall–Kier alpha value is -1.07. The van der Waals surface area contributed by atoms with E-state index in [-0.39, 0.29) is 52.1 Å². The quantitative estimate of drug-likeness (QED) is 0.125. The lowest BCUT2D eigenvalue weighted by Crippen LogP contribution is -2.17. The second kappa shape index (κ2) is 10.2. The molecule has 2 rings (SSSR count). The van der Waals surface area contributed by atoms with Crippen molar-refractivity contribution in [2.75, 3.05) is 19.8 Å². The molecule has 0 amide bonds. The maximum Gasteiger partial charge on any atom is 0.405 e. The van der Waals surface area contributed by atoms with Crippen molar-refractivity contribution in [3.8, 4) is 5.75 Å². The molecule has 0 radical (unpaired) electrons. The first kappa shape index (κ1) is 26.2. The summed E-state index contributed by atoms with van der Waals surface area (Å²) in [5.41, 5.74) is -3.96. The summed E-state index contributed by atoms with van der Waals surface area (Å²) in [4.78, 5) is 10.6. The molecule has 0 aliphatic heterocycles. The molecule has 0 atom stereocenters. The van der Waals surface area contributed by atoms with Crippen LogP contribution in [0.5, 0.6) is 5.75 Å². The number of rotatable bonds is 11. The minimum atomic E-state index is -4.89. The van der Waals surface area contributed by atoms with Crippen LogP contribution in [-0.2, 0) is 19.3 Å². The van der Waals surface area contributed by atoms with Gasteiger partial charge in [0.1, 0.15) is 16.9 Å². The van der Waals surface area contributed by atoms with Crippen molar-refractivity contribution < 1.29 is 45.1 Å². The standard InChI is InChI=1S/C18H19BrF5O5PS/c1-3-28-30(26,29-4-2)18(23,24)16-14(19)12-8-11(10-25)9-13(15(12)31-16)27-7-5-6-17(20,21)22/h8-10H,3-7H2,1-2H3. The van der Waals surface area contributed by atoms with Crippen LogP contribution in [0.15, 0.2) is 16.6 Å². The summed E-state index contributed by atoms with van der Waals surface area (Å²) in [6, 6.07) is 2.57. The van der Waals surface area contributed by atoms with Gasteiger partial charge in [0.2, 0.25) is 0 Å². The zero-order chi connectivity index (χ0) is 23.4. The minimum absolute atomic E-state index is 0.0304. The van der Waals surface area contributed by atoms with Crippen LogP contribution < -0.4 is 4.74 Å². The van der Waals surface area contributed by atoms with Gasteiger partial charge in [-0.2, -0.15) is 22.0 Å². The summed E-state index contributed by atoms with van der Waals surface area (Å²) in [5.74, 6) is -0.0304. The van der Waals surface area contributed by atoms with Gasteiger partial charge < -0.3 is 13.8 Å². The van der Waals surface area contributed by atoms with E-state index in [9.17, 15) is 22.5 Å². The van der Waals surface area contributed by atoms with Gasteiger partial charge in [0.15, 0.2) is 0 Å². The van der Waals surface area contributed by atoms with E-state index in [1.165, 1.54) is 26.0 Å². The van der Waals surface area contributed by atoms with Crippen molar-refractivity contribution in [1.82, 2.24) is 0 Å².